The molecule has 0 spiro atoms. The molecule has 6 nitrogen and oxygen atoms in total. The van der Waals surface area contributed by atoms with E-state index in [1.54, 1.807) is 7.11 Å². The third-order valence-corrected chi connectivity index (χ3v) is 3.17. The van der Waals surface area contributed by atoms with Crippen LogP contribution >= 0.6 is 0 Å². The fourth-order valence-electron chi connectivity index (χ4n) is 1.78. The molecule has 0 aromatic heterocycles. The van der Waals surface area contributed by atoms with Crippen molar-refractivity contribution in [2.45, 2.75) is 32.0 Å². The van der Waals surface area contributed by atoms with Crippen molar-refractivity contribution in [2.24, 2.45) is 0 Å². The summed E-state index contributed by atoms with van der Waals surface area (Å²) in [5.41, 5.74) is -0.206. The van der Waals surface area contributed by atoms with E-state index in [2.05, 4.69) is 5.32 Å². The molecule has 21 heavy (non-hydrogen) atoms. The molecule has 120 valence electrons. The maximum atomic E-state index is 9.27. The Balaban J connectivity index is 2.81. The lowest BCUT2D eigenvalue weighted by atomic mass is 10.0. The number of ether oxygens (including phenoxy) is 2. The highest BCUT2D eigenvalue weighted by Crippen LogP contribution is 2.29. The molecular weight excluding hydrogens is 274 g/mol. The number of aliphatic hydroxyl groups excluding tert-OH is 3. The molecule has 0 bridgehead atoms. The van der Waals surface area contributed by atoms with Gasteiger partial charge in [-0.1, -0.05) is 6.07 Å². The van der Waals surface area contributed by atoms with E-state index in [9.17, 15) is 15.3 Å². The summed E-state index contributed by atoms with van der Waals surface area (Å²) < 4.78 is 10.9. The third-order valence-electron chi connectivity index (χ3n) is 3.17. The second kappa shape index (κ2) is 8.19. The molecule has 0 saturated carbocycles. The summed E-state index contributed by atoms with van der Waals surface area (Å²) in [6, 6.07) is 5.50. The second-order valence-electron chi connectivity index (χ2n) is 5.26. The molecule has 4 N–H and O–H groups in total. The van der Waals surface area contributed by atoms with Gasteiger partial charge in [0.05, 0.1) is 38.6 Å². The zero-order valence-electron chi connectivity index (χ0n) is 12.8. The van der Waals surface area contributed by atoms with Crippen molar-refractivity contribution >= 4 is 0 Å². The van der Waals surface area contributed by atoms with Crippen molar-refractivity contribution in [3.05, 3.63) is 23.8 Å². The quantitative estimate of drug-likeness (QED) is 0.524. The Hall–Kier alpha value is -1.34. The predicted molar refractivity (Wildman–Crippen MR) is 79.6 cm³/mol. The molecule has 1 aromatic carbocycles. The summed E-state index contributed by atoms with van der Waals surface area (Å²) in [5, 5.41) is 30.8. The van der Waals surface area contributed by atoms with E-state index in [0.29, 0.717) is 18.0 Å². The summed E-state index contributed by atoms with van der Waals surface area (Å²) in [4.78, 5) is 0. The minimum atomic E-state index is -1.10. The molecule has 0 aliphatic heterocycles. The van der Waals surface area contributed by atoms with Gasteiger partial charge >= 0.3 is 0 Å². The van der Waals surface area contributed by atoms with Gasteiger partial charge < -0.3 is 30.1 Å². The highest BCUT2D eigenvalue weighted by Gasteiger charge is 2.27. The Kier molecular flexibility index (Phi) is 6.91. The third kappa shape index (κ3) is 4.86. The van der Waals surface area contributed by atoms with E-state index in [-0.39, 0.29) is 25.9 Å². The molecule has 1 aromatic rings. The molecule has 0 unspecified atom stereocenters. The molecule has 6 heteroatoms. The molecular formula is C15H25NO5. The van der Waals surface area contributed by atoms with Crippen LogP contribution in [0.25, 0.3) is 0 Å². The highest BCUT2D eigenvalue weighted by atomic mass is 16.5. The molecule has 0 amide bonds. The van der Waals surface area contributed by atoms with Gasteiger partial charge in [0.1, 0.15) is 0 Å². The van der Waals surface area contributed by atoms with Crippen molar-refractivity contribution in [2.75, 3.05) is 26.9 Å². The number of rotatable bonds is 9. The molecule has 0 aliphatic carbocycles. The summed E-state index contributed by atoms with van der Waals surface area (Å²) in [6.07, 6.45) is 0.0497. The van der Waals surface area contributed by atoms with Crippen LogP contribution in [0.4, 0.5) is 0 Å². The van der Waals surface area contributed by atoms with Crippen molar-refractivity contribution in [1.82, 2.24) is 5.32 Å². The largest absolute Gasteiger partial charge is 0.493 e. The van der Waals surface area contributed by atoms with Gasteiger partial charge in [-0.3, -0.25) is 0 Å². The van der Waals surface area contributed by atoms with E-state index < -0.39 is 5.54 Å². The molecule has 0 heterocycles. The predicted octanol–water partition coefficient (Wildman–Crippen LogP) is 0.288. The highest BCUT2D eigenvalue weighted by molar-refractivity contribution is 5.43. The van der Waals surface area contributed by atoms with Crippen molar-refractivity contribution < 1.29 is 24.8 Å². The average Bonchev–Trinajstić information content (AvgIpc) is 2.50. The monoisotopic (exact) mass is 299 g/mol. The first-order valence-electron chi connectivity index (χ1n) is 6.91. The van der Waals surface area contributed by atoms with Crippen LogP contribution in [0.15, 0.2) is 18.2 Å². The smallest absolute Gasteiger partial charge is 0.161 e. The summed E-state index contributed by atoms with van der Waals surface area (Å²) in [6.45, 7) is 3.18. The standard InChI is InChI=1S/C15H25NO5/c1-11(2)21-13-5-4-12(6-14(13)20-3)7-16-15(8-17,9-18)10-19/h4-6,11,16-19H,7-10H2,1-3H3. The molecule has 0 atom stereocenters. The summed E-state index contributed by atoms with van der Waals surface area (Å²) >= 11 is 0. The molecule has 0 radical (unpaired) electrons. The van der Waals surface area contributed by atoms with Gasteiger partial charge in [-0.2, -0.15) is 0 Å². The van der Waals surface area contributed by atoms with E-state index in [1.165, 1.54) is 0 Å². The van der Waals surface area contributed by atoms with Crippen molar-refractivity contribution in [3.8, 4) is 11.5 Å². The van der Waals surface area contributed by atoms with Crippen LogP contribution in [0.2, 0.25) is 0 Å². The van der Waals surface area contributed by atoms with Gasteiger partial charge in [0.2, 0.25) is 0 Å². The number of hydrogen-bond acceptors (Lipinski definition) is 6. The lowest BCUT2D eigenvalue weighted by Gasteiger charge is -2.29. The van der Waals surface area contributed by atoms with Crippen molar-refractivity contribution in [3.63, 3.8) is 0 Å². The molecule has 0 aliphatic rings. The Bertz CT molecular complexity index is 424. The molecule has 0 saturated heterocycles. The fourth-order valence-corrected chi connectivity index (χ4v) is 1.78. The van der Waals surface area contributed by atoms with Crippen molar-refractivity contribution in [1.29, 1.82) is 0 Å². The van der Waals surface area contributed by atoms with Gasteiger partial charge in [-0.05, 0) is 31.5 Å². The topological polar surface area (TPSA) is 91.2 Å². The zero-order chi connectivity index (χ0) is 15.9. The minimum absolute atomic E-state index is 0.0497. The number of hydrogen-bond donors (Lipinski definition) is 4. The number of methoxy groups -OCH3 is 1. The average molecular weight is 299 g/mol. The van der Waals surface area contributed by atoms with Crippen LogP contribution in [0.1, 0.15) is 19.4 Å². The number of benzene rings is 1. The van der Waals surface area contributed by atoms with Gasteiger partial charge in [0.15, 0.2) is 11.5 Å². The Morgan fingerprint density at radius 1 is 1.10 bits per heavy atom. The van der Waals surface area contributed by atoms with E-state index in [0.717, 1.165) is 5.56 Å². The molecule has 1 rings (SSSR count). The van der Waals surface area contributed by atoms with Crippen LogP contribution in [0.3, 0.4) is 0 Å². The summed E-state index contributed by atoms with van der Waals surface area (Å²) in [7, 11) is 1.57. The minimum Gasteiger partial charge on any atom is -0.493 e. The molecule has 0 fully saturated rings. The Morgan fingerprint density at radius 2 is 1.71 bits per heavy atom. The number of aliphatic hydroxyl groups is 3. The van der Waals surface area contributed by atoms with Crippen LogP contribution in [-0.2, 0) is 6.54 Å². The Labute approximate surface area is 125 Å². The maximum Gasteiger partial charge on any atom is 0.161 e. The SMILES string of the molecule is COc1cc(CNC(CO)(CO)CO)ccc1OC(C)C. The van der Waals surface area contributed by atoms with Crippen LogP contribution in [0.5, 0.6) is 11.5 Å². The number of nitrogens with one attached hydrogen (secondary N) is 1. The van der Waals surface area contributed by atoms with Crippen LogP contribution in [-0.4, -0.2) is 53.9 Å². The maximum absolute atomic E-state index is 9.27. The first-order chi connectivity index (χ1) is 10.00. The van der Waals surface area contributed by atoms with Gasteiger partial charge in [-0.15, -0.1) is 0 Å². The van der Waals surface area contributed by atoms with Gasteiger partial charge in [0.25, 0.3) is 0 Å². The van der Waals surface area contributed by atoms with E-state index in [1.807, 2.05) is 32.0 Å². The van der Waals surface area contributed by atoms with Crippen LogP contribution in [0, 0.1) is 0 Å². The van der Waals surface area contributed by atoms with Gasteiger partial charge in [0, 0.05) is 6.54 Å². The first-order valence-corrected chi connectivity index (χ1v) is 6.91. The zero-order valence-corrected chi connectivity index (χ0v) is 12.8. The second-order valence-corrected chi connectivity index (χ2v) is 5.26. The van der Waals surface area contributed by atoms with Crippen LogP contribution < -0.4 is 14.8 Å². The normalized spacial score (nSPS) is 11.8. The van der Waals surface area contributed by atoms with E-state index in [4.69, 9.17) is 9.47 Å². The first kappa shape index (κ1) is 17.7. The summed E-state index contributed by atoms with van der Waals surface area (Å²) in [5.74, 6) is 1.28. The van der Waals surface area contributed by atoms with E-state index >= 15 is 0 Å². The Morgan fingerprint density at radius 3 is 2.19 bits per heavy atom. The lowest BCUT2D eigenvalue weighted by molar-refractivity contribution is 0.0413. The lowest BCUT2D eigenvalue weighted by Crippen LogP contribution is -2.54. The fraction of sp³-hybridized carbons (Fsp3) is 0.600. The van der Waals surface area contributed by atoms with Gasteiger partial charge in [-0.25, -0.2) is 0 Å².